The minimum absolute atomic E-state index is 0.0211. The van der Waals surface area contributed by atoms with E-state index in [0.717, 1.165) is 9.13 Å². The summed E-state index contributed by atoms with van der Waals surface area (Å²) in [5, 5.41) is 23.2. The molecule has 0 saturated heterocycles. The molecule has 0 atom stereocenters. The maximum atomic E-state index is 11.8. The average molecular weight is 265 g/mol. The molecule has 0 unspecified atom stereocenters. The van der Waals surface area contributed by atoms with E-state index < -0.39 is 17.1 Å². The number of rotatable bonds is 2. The van der Waals surface area contributed by atoms with Crippen LogP contribution in [0, 0.1) is 6.92 Å². The molecule has 0 aliphatic heterocycles. The van der Waals surface area contributed by atoms with Gasteiger partial charge in [-0.05, 0) is 6.92 Å². The second kappa shape index (κ2) is 4.48. The van der Waals surface area contributed by atoms with E-state index in [1.807, 2.05) is 0 Å². The van der Waals surface area contributed by atoms with Crippen LogP contribution in [0.5, 0.6) is 5.88 Å². The van der Waals surface area contributed by atoms with Gasteiger partial charge in [-0.15, -0.1) is 15.3 Å². The highest BCUT2D eigenvalue weighted by Gasteiger charge is 2.14. The molecule has 0 aliphatic rings. The van der Waals surface area contributed by atoms with Crippen molar-refractivity contribution in [2.24, 2.45) is 24.3 Å². The number of aromatic amines is 1. The Balaban J connectivity index is 2.55. The van der Waals surface area contributed by atoms with Crippen LogP contribution < -0.4 is 11.2 Å². The van der Waals surface area contributed by atoms with Crippen molar-refractivity contribution in [1.82, 2.24) is 24.3 Å². The summed E-state index contributed by atoms with van der Waals surface area (Å²) in [4.78, 5) is 27.1. The lowest BCUT2D eigenvalue weighted by molar-refractivity contribution is 0.413. The Hall–Kier alpha value is -2.78. The van der Waals surface area contributed by atoms with Gasteiger partial charge in [0.05, 0.1) is 0 Å². The Bertz CT molecular complexity index is 767. The zero-order chi connectivity index (χ0) is 14.2. The summed E-state index contributed by atoms with van der Waals surface area (Å²) in [7, 11) is 2.59. The van der Waals surface area contributed by atoms with Crippen LogP contribution in [0.2, 0.25) is 0 Å². The van der Waals surface area contributed by atoms with Gasteiger partial charge in [0.15, 0.2) is 0 Å². The molecule has 0 aromatic carbocycles. The quantitative estimate of drug-likeness (QED) is 0.715. The van der Waals surface area contributed by atoms with Gasteiger partial charge in [0.25, 0.3) is 11.5 Å². The first kappa shape index (κ1) is 12.7. The fourth-order valence-electron chi connectivity index (χ4n) is 1.37. The van der Waals surface area contributed by atoms with Gasteiger partial charge in [0.2, 0.25) is 11.6 Å². The molecule has 0 radical (unpaired) electrons. The average Bonchev–Trinajstić information content (AvgIpc) is 2.80. The minimum atomic E-state index is -0.753. The molecule has 0 saturated carbocycles. The molecule has 0 fully saturated rings. The van der Waals surface area contributed by atoms with Crippen molar-refractivity contribution in [3.63, 3.8) is 0 Å². The van der Waals surface area contributed by atoms with E-state index in [1.54, 1.807) is 6.92 Å². The lowest BCUT2D eigenvalue weighted by Gasteiger charge is -2.05. The van der Waals surface area contributed by atoms with E-state index in [-0.39, 0.29) is 11.6 Å². The van der Waals surface area contributed by atoms with Gasteiger partial charge >= 0.3 is 5.69 Å². The molecule has 0 spiro atoms. The zero-order valence-electron chi connectivity index (χ0n) is 10.4. The molecule has 100 valence electrons. The van der Waals surface area contributed by atoms with Crippen LogP contribution in [0.1, 0.15) is 5.82 Å². The number of nitrogens with zero attached hydrogens (tertiary/aromatic N) is 6. The third kappa shape index (κ3) is 2.14. The van der Waals surface area contributed by atoms with Crippen LogP contribution >= 0.6 is 0 Å². The van der Waals surface area contributed by atoms with Gasteiger partial charge < -0.3 is 5.11 Å². The molecule has 10 heteroatoms. The summed E-state index contributed by atoms with van der Waals surface area (Å²) in [5.41, 5.74) is -1.76. The summed E-state index contributed by atoms with van der Waals surface area (Å²) in [6.45, 7) is 1.68. The molecule has 0 bridgehead atoms. The number of H-pyrrole nitrogens is 1. The van der Waals surface area contributed by atoms with Crippen molar-refractivity contribution in [3.05, 3.63) is 26.7 Å². The molecule has 2 N–H and O–H groups in total. The van der Waals surface area contributed by atoms with Crippen molar-refractivity contribution in [2.45, 2.75) is 6.92 Å². The van der Waals surface area contributed by atoms with E-state index in [4.69, 9.17) is 0 Å². The highest BCUT2D eigenvalue weighted by Crippen LogP contribution is 2.20. The number of aromatic hydroxyl groups is 1. The maximum Gasteiger partial charge on any atom is 0.333 e. The fourth-order valence-corrected chi connectivity index (χ4v) is 1.37. The van der Waals surface area contributed by atoms with Crippen LogP contribution in [-0.2, 0) is 14.1 Å². The fraction of sp³-hybridized carbons (Fsp3) is 0.333. The summed E-state index contributed by atoms with van der Waals surface area (Å²) >= 11 is 0. The Morgan fingerprint density at radius 1 is 1.21 bits per heavy atom. The van der Waals surface area contributed by atoms with Gasteiger partial charge in [0, 0.05) is 14.1 Å². The number of hydrogen-bond acceptors (Lipinski definition) is 7. The van der Waals surface area contributed by atoms with E-state index in [9.17, 15) is 14.7 Å². The second-order valence-corrected chi connectivity index (χ2v) is 3.80. The normalized spacial score (nSPS) is 11.3. The van der Waals surface area contributed by atoms with Crippen molar-refractivity contribution >= 4 is 11.6 Å². The van der Waals surface area contributed by atoms with Crippen LogP contribution in [0.25, 0.3) is 0 Å². The summed E-state index contributed by atoms with van der Waals surface area (Å²) in [5.74, 6) is -0.0107. The molecule has 2 aromatic rings. The highest BCUT2D eigenvalue weighted by molar-refractivity contribution is 5.44. The molecular weight excluding hydrogens is 254 g/mol. The van der Waals surface area contributed by atoms with Gasteiger partial charge in [-0.1, -0.05) is 0 Å². The number of hydrogen-bond donors (Lipinski definition) is 2. The lowest BCUT2D eigenvalue weighted by Crippen LogP contribution is -2.36. The second-order valence-electron chi connectivity index (χ2n) is 3.80. The number of aromatic nitrogens is 5. The maximum absolute atomic E-state index is 11.8. The molecule has 2 aromatic heterocycles. The van der Waals surface area contributed by atoms with Crippen LogP contribution in [0.4, 0.5) is 11.6 Å². The summed E-state index contributed by atoms with van der Waals surface area (Å²) in [6, 6.07) is 0. The summed E-state index contributed by atoms with van der Waals surface area (Å²) in [6.07, 6.45) is 0. The van der Waals surface area contributed by atoms with Gasteiger partial charge in [-0.25, -0.2) is 4.79 Å². The third-order valence-corrected chi connectivity index (χ3v) is 2.44. The topological polar surface area (TPSA) is 131 Å². The van der Waals surface area contributed by atoms with E-state index in [0.29, 0.717) is 5.82 Å². The van der Waals surface area contributed by atoms with E-state index in [1.165, 1.54) is 14.1 Å². The smallest absolute Gasteiger partial charge is 0.333 e. The van der Waals surface area contributed by atoms with Crippen molar-refractivity contribution in [2.75, 3.05) is 0 Å². The molecule has 0 aliphatic carbocycles. The molecule has 19 heavy (non-hydrogen) atoms. The largest absolute Gasteiger partial charge is 0.493 e. The number of nitrogens with one attached hydrogen (secondary N) is 1. The zero-order valence-corrected chi connectivity index (χ0v) is 10.4. The van der Waals surface area contributed by atoms with Crippen molar-refractivity contribution < 1.29 is 5.11 Å². The lowest BCUT2D eigenvalue weighted by atomic mass is 10.5. The molecule has 2 rings (SSSR count). The SMILES string of the molecule is Cc1nc(N=Nc2c(O)n(C)c(=O)n(C)c2=O)n[nH]1. The molecule has 0 amide bonds. The van der Waals surface area contributed by atoms with Crippen LogP contribution in [0.15, 0.2) is 19.8 Å². The number of azo groups is 1. The van der Waals surface area contributed by atoms with Gasteiger partial charge in [-0.2, -0.15) is 4.98 Å². The Morgan fingerprint density at radius 3 is 2.47 bits per heavy atom. The highest BCUT2D eigenvalue weighted by atomic mass is 16.3. The Morgan fingerprint density at radius 2 is 1.89 bits per heavy atom. The van der Waals surface area contributed by atoms with Crippen molar-refractivity contribution in [1.29, 1.82) is 0 Å². The summed E-state index contributed by atoms with van der Waals surface area (Å²) < 4.78 is 1.70. The minimum Gasteiger partial charge on any atom is -0.493 e. The first-order valence-electron chi connectivity index (χ1n) is 5.21. The van der Waals surface area contributed by atoms with Crippen LogP contribution in [-0.4, -0.2) is 29.4 Å². The predicted octanol–water partition coefficient (Wildman–Crippen LogP) is -0.368. The van der Waals surface area contributed by atoms with E-state index in [2.05, 4.69) is 25.4 Å². The van der Waals surface area contributed by atoms with Gasteiger partial charge in [0.1, 0.15) is 5.82 Å². The standard InChI is InChI=1S/C9H11N7O3/c1-4-10-8(13-11-4)14-12-5-6(17)15(2)9(19)16(3)7(5)18/h17H,1-3H3,(H,10,11,13). The predicted molar refractivity (Wildman–Crippen MR) is 63.9 cm³/mol. The van der Waals surface area contributed by atoms with Crippen LogP contribution in [0.3, 0.4) is 0 Å². The monoisotopic (exact) mass is 265 g/mol. The Labute approximate surface area is 106 Å². The molecule has 10 nitrogen and oxygen atoms in total. The van der Waals surface area contributed by atoms with Gasteiger partial charge in [-0.3, -0.25) is 19.0 Å². The molecular formula is C9H11N7O3. The molecule has 2 heterocycles. The number of aryl methyl sites for hydroxylation is 1. The van der Waals surface area contributed by atoms with E-state index >= 15 is 0 Å². The Kier molecular flexibility index (Phi) is 2.99. The first-order valence-corrected chi connectivity index (χ1v) is 5.21. The first-order chi connectivity index (χ1) is 8.91. The van der Waals surface area contributed by atoms with Crippen molar-refractivity contribution in [3.8, 4) is 5.88 Å². The third-order valence-electron chi connectivity index (χ3n) is 2.44.